The summed E-state index contributed by atoms with van der Waals surface area (Å²) in [5.74, 6) is -0.671. The Morgan fingerprint density at radius 3 is 1.69 bits per heavy atom. The quantitative estimate of drug-likeness (QED) is 0.179. The van der Waals surface area contributed by atoms with E-state index in [1.54, 1.807) is 30.3 Å². The Bertz CT molecular complexity index is 3570. The lowest BCUT2D eigenvalue weighted by Gasteiger charge is -2.30. The lowest BCUT2D eigenvalue weighted by molar-refractivity contribution is 0.122. The van der Waals surface area contributed by atoms with Gasteiger partial charge in [0.15, 0.2) is 0 Å². The molecular formula is C62H59ClF2N8O2. The summed E-state index contributed by atoms with van der Waals surface area (Å²) < 4.78 is 38.8. The van der Waals surface area contributed by atoms with Crippen LogP contribution >= 0.6 is 11.6 Å². The fraction of sp³-hybridized carbons (Fsp3) is 0.290. The molecule has 0 radical (unpaired) electrons. The van der Waals surface area contributed by atoms with Crippen LogP contribution in [0.15, 0.2) is 121 Å². The van der Waals surface area contributed by atoms with Crippen molar-refractivity contribution in [2.75, 3.05) is 85.7 Å². The molecule has 0 spiro atoms. The van der Waals surface area contributed by atoms with Crippen LogP contribution in [0.2, 0.25) is 5.02 Å². The molecule has 0 saturated carbocycles. The van der Waals surface area contributed by atoms with Gasteiger partial charge >= 0.3 is 0 Å². The maximum absolute atomic E-state index is 14.4. The summed E-state index contributed by atoms with van der Waals surface area (Å²) in [7, 11) is 0. The van der Waals surface area contributed by atoms with E-state index in [0.717, 1.165) is 110 Å². The molecule has 0 atom stereocenters. The zero-order valence-corrected chi connectivity index (χ0v) is 44.0. The van der Waals surface area contributed by atoms with Crippen molar-refractivity contribution in [2.45, 2.75) is 52.4 Å². The van der Waals surface area contributed by atoms with Crippen molar-refractivity contribution in [1.29, 1.82) is 10.5 Å². The predicted molar refractivity (Wildman–Crippen MR) is 299 cm³/mol. The molecule has 6 heterocycles. The van der Waals surface area contributed by atoms with Crippen LogP contribution in [0, 0.1) is 48.1 Å². The number of hydrogen-bond donors (Lipinski definition) is 1. The molecule has 2 aromatic heterocycles. The molecule has 0 bridgehead atoms. The number of hydrogen-bond acceptors (Lipinski definition) is 10. The molecule has 8 aromatic rings. The van der Waals surface area contributed by atoms with Crippen LogP contribution < -0.4 is 20.0 Å². The molecule has 0 aliphatic carbocycles. The van der Waals surface area contributed by atoms with Gasteiger partial charge in [-0.3, -0.25) is 0 Å². The Balaban J connectivity index is 0.000000142. The van der Waals surface area contributed by atoms with Crippen LogP contribution in [0.1, 0.15) is 61.1 Å². The molecule has 12 rings (SSSR count). The number of morpholine rings is 2. The van der Waals surface area contributed by atoms with E-state index in [2.05, 4.69) is 108 Å². The molecule has 4 aliphatic rings. The summed E-state index contributed by atoms with van der Waals surface area (Å²) in [4.78, 5) is 16.6. The number of nitriles is 2. The Morgan fingerprint density at radius 2 is 1.12 bits per heavy atom. The van der Waals surface area contributed by atoms with Crippen molar-refractivity contribution in [2.24, 2.45) is 0 Å². The Hall–Kier alpha value is -7.61. The van der Waals surface area contributed by atoms with Crippen LogP contribution in [0.4, 0.5) is 37.2 Å². The number of rotatable bonds is 5. The van der Waals surface area contributed by atoms with Crippen LogP contribution in [-0.2, 0) is 20.3 Å². The van der Waals surface area contributed by atoms with Gasteiger partial charge in [0.1, 0.15) is 11.6 Å². The van der Waals surface area contributed by atoms with Gasteiger partial charge in [-0.05, 0) is 109 Å². The van der Waals surface area contributed by atoms with Crippen molar-refractivity contribution >= 4 is 61.8 Å². The number of benzene rings is 6. The molecule has 2 fully saturated rings. The highest BCUT2D eigenvalue weighted by molar-refractivity contribution is 6.36. The monoisotopic (exact) mass is 1020 g/mol. The van der Waals surface area contributed by atoms with Gasteiger partial charge in [0.05, 0.1) is 82.8 Å². The predicted octanol–water partition coefficient (Wildman–Crippen LogP) is 13.6. The average Bonchev–Trinajstić information content (AvgIpc) is 3.89. The van der Waals surface area contributed by atoms with Crippen molar-refractivity contribution < 1.29 is 18.3 Å². The number of pyridine rings is 2. The van der Waals surface area contributed by atoms with Gasteiger partial charge in [0.2, 0.25) is 0 Å². The number of aromatic nitrogens is 2. The third-order valence-corrected chi connectivity index (χ3v) is 15.3. The number of anilines is 5. The number of nitrogens with zero attached hydrogens (tertiary/aromatic N) is 7. The van der Waals surface area contributed by atoms with Gasteiger partial charge in [-0.15, -0.1) is 0 Å². The van der Waals surface area contributed by atoms with E-state index in [9.17, 15) is 14.0 Å². The van der Waals surface area contributed by atoms with Gasteiger partial charge < -0.3 is 29.5 Å². The van der Waals surface area contributed by atoms with Crippen molar-refractivity contribution in [3.05, 3.63) is 171 Å². The summed E-state index contributed by atoms with van der Waals surface area (Å²) in [6.07, 6.45) is 0. The highest BCUT2D eigenvalue weighted by Crippen LogP contribution is 2.50. The molecule has 4 aliphatic heterocycles. The summed E-state index contributed by atoms with van der Waals surface area (Å²) in [5, 5.41) is 24.2. The fourth-order valence-electron chi connectivity index (χ4n) is 10.8. The van der Waals surface area contributed by atoms with Crippen LogP contribution in [-0.4, -0.2) is 75.7 Å². The van der Waals surface area contributed by atoms with E-state index in [4.69, 9.17) is 31.3 Å². The minimum atomic E-state index is -0.355. The van der Waals surface area contributed by atoms with E-state index in [0.29, 0.717) is 32.9 Å². The van der Waals surface area contributed by atoms with Gasteiger partial charge in [0, 0.05) is 107 Å². The van der Waals surface area contributed by atoms with Gasteiger partial charge in [-0.1, -0.05) is 75.7 Å². The van der Waals surface area contributed by atoms with E-state index in [1.165, 1.54) is 58.1 Å². The van der Waals surface area contributed by atoms with Crippen molar-refractivity contribution in [3.8, 4) is 34.7 Å². The highest BCUT2D eigenvalue weighted by Gasteiger charge is 2.38. The number of ether oxygens (including phenoxy) is 2. The topological polar surface area (TPSA) is 114 Å². The fourth-order valence-corrected chi connectivity index (χ4v) is 11.0. The Labute approximate surface area is 442 Å². The first-order valence-electron chi connectivity index (χ1n) is 25.4. The second-order valence-corrected chi connectivity index (χ2v) is 21.3. The average molecular weight is 1020 g/mol. The second kappa shape index (κ2) is 21.0. The minimum absolute atomic E-state index is 0.0676. The molecule has 1 N–H and O–H groups in total. The first-order valence-corrected chi connectivity index (χ1v) is 25.8. The van der Waals surface area contributed by atoms with E-state index in [-0.39, 0.29) is 22.5 Å². The zero-order chi connectivity index (χ0) is 52.6. The summed E-state index contributed by atoms with van der Waals surface area (Å²) >= 11 is 6.38. The van der Waals surface area contributed by atoms with E-state index in [1.807, 2.05) is 37.3 Å². The van der Waals surface area contributed by atoms with Crippen molar-refractivity contribution in [3.63, 3.8) is 0 Å². The molecule has 6 aromatic carbocycles. The summed E-state index contributed by atoms with van der Waals surface area (Å²) in [5.41, 5.74) is 16.1. The van der Waals surface area contributed by atoms with Crippen LogP contribution in [0.5, 0.6) is 0 Å². The number of halogens is 3. The van der Waals surface area contributed by atoms with Gasteiger partial charge in [-0.2, -0.15) is 10.5 Å². The molecule has 380 valence electrons. The smallest absolute Gasteiger partial charge is 0.125 e. The lowest BCUT2D eigenvalue weighted by atomic mass is 9.87. The minimum Gasteiger partial charge on any atom is -0.384 e. The largest absolute Gasteiger partial charge is 0.384 e. The van der Waals surface area contributed by atoms with Gasteiger partial charge in [0.25, 0.3) is 0 Å². The maximum Gasteiger partial charge on any atom is 0.125 e. The van der Waals surface area contributed by atoms with Gasteiger partial charge in [-0.25, -0.2) is 18.7 Å². The second-order valence-electron chi connectivity index (χ2n) is 20.9. The number of nitrogens with one attached hydrogen (secondary N) is 1. The van der Waals surface area contributed by atoms with E-state index >= 15 is 0 Å². The maximum atomic E-state index is 14.4. The molecular weight excluding hydrogens is 962 g/mol. The van der Waals surface area contributed by atoms with Crippen LogP contribution in [0.3, 0.4) is 0 Å². The molecule has 75 heavy (non-hydrogen) atoms. The Morgan fingerprint density at radius 1 is 0.600 bits per heavy atom. The lowest BCUT2D eigenvalue weighted by Crippen LogP contribution is -2.36. The third-order valence-electron chi connectivity index (χ3n) is 14.8. The summed E-state index contributed by atoms with van der Waals surface area (Å²) in [6, 6.07) is 41.7. The van der Waals surface area contributed by atoms with E-state index < -0.39 is 0 Å². The first-order chi connectivity index (χ1) is 36.1. The highest BCUT2D eigenvalue weighted by atomic mass is 35.5. The standard InChI is InChI=1S/C31H29FN4O.C17H10ClFN2.C14H20N2O/c1-20-29(22-6-4-5-21(15-22)18-33)34-27-16-23(32)7-9-25(27)30(20)36-19-31(2,3)26-10-8-24(17-28(26)36)35-11-13-37-14-12-35;1-10-16(18)14-6-5-13(19)8-15(14)21-17(10)12-4-2-3-11(7-12)9-20;1-14(2)10-15-13-9-11(3-4-12(13)14)16-5-7-17-8-6-16/h4-10,15-17H,11-14,19H2,1-3H3;2-8H,1H3;3-4,9,15H,5-8,10H2,1-2H3. The SMILES string of the molecule is CC1(C)CNc2cc(N3CCOCC3)ccc21.Cc1c(-c2cccc(C#N)c2)nc2cc(F)ccc2c1Cl.Cc1c(-c2cccc(C#N)c2)nc2cc(F)ccc2c1N1CC(C)(C)c2ccc(N3CCOCC3)cc21. The zero-order valence-electron chi connectivity index (χ0n) is 43.2. The van der Waals surface area contributed by atoms with Crippen LogP contribution in [0.25, 0.3) is 44.3 Å². The molecule has 13 heteroatoms. The van der Waals surface area contributed by atoms with Crippen molar-refractivity contribution in [1.82, 2.24) is 9.97 Å². The number of fused-ring (bicyclic) bond motifs is 4. The molecule has 0 amide bonds. The molecule has 2 saturated heterocycles. The third kappa shape index (κ3) is 10.3. The first kappa shape index (κ1) is 50.9. The normalized spacial score (nSPS) is 16.2. The molecule has 10 nitrogen and oxygen atoms in total. The molecule has 0 unspecified atom stereocenters. The summed E-state index contributed by atoms with van der Waals surface area (Å²) in [6.45, 7) is 21.8. The Kier molecular flexibility index (Phi) is 14.2.